The van der Waals surface area contributed by atoms with E-state index in [1.54, 1.807) is 6.92 Å². The molecule has 24 heavy (non-hydrogen) atoms. The maximum Gasteiger partial charge on any atom is 0.321 e. The third kappa shape index (κ3) is 5.08. The molecular weight excluding hydrogens is 326 g/mol. The second kappa shape index (κ2) is 9.05. The molecule has 4 N–H and O–H groups in total. The lowest BCUT2D eigenvalue weighted by atomic mass is 10.1. The molecule has 0 heterocycles. The van der Waals surface area contributed by atoms with Crippen molar-refractivity contribution >= 4 is 23.5 Å². The van der Waals surface area contributed by atoms with Crippen molar-refractivity contribution in [1.29, 1.82) is 0 Å². The van der Waals surface area contributed by atoms with Gasteiger partial charge in [-0.25, -0.2) is 4.79 Å². The van der Waals surface area contributed by atoms with Gasteiger partial charge in [-0.3, -0.25) is 10.1 Å². The molecule has 126 valence electrons. The van der Waals surface area contributed by atoms with Gasteiger partial charge in [-0.05, 0) is 13.0 Å². The summed E-state index contributed by atoms with van der Waals surface area (Å²) in [6, 6.07) is 15.8. The van der Waals surface area contributed by atoms with Crippen LogP contribution in [-0.2, 0) is 11.3 Å². The lowest BCUT2D eigenvalue weighted by molar-refractivity contribution is -0.698. The number of nitrogens with two attached hydrogens (primary N) is 1. The molecule has 1 atom stereocenters. The first-order valence-electron chi connectivity index (χ1n) is 7.82. The highest BCUT2D eigenvalue weighted by molar-refractivity contribution is 6.31. The van der Waals surface area contributed by atoms with Crippen LogP contribution in [0.1, 0.15) is 24.1 Å². The Morgan fingerprint density at radius 3 is 2.42 bits per heavy atom. The highest BCUT2D eigenvalue weighted by Gasteiger charge is 2.25. The van der Waals surface area contributed by atoms with Crippen molar-refractivity contribution in [3.05, 3.63) is 70.7 Å². The Hall–Kier alpha value is -2.37. The van der Waals surface area contributed by atoms with E-state index < -0.39 is 12.1 Å². The Balaban J connectivity index is 2.13. The van der Waals surface area contributed by atoms with Crippen LogP contribution in [0.15, 0.2) is 54.6 Å². The van der Waals surface area contributed by atoms with Crippen LogP contribution in [0.25, 0.3) is 0 Å². The average molecular weight is 347 g/mol. The number of halogens is 1. The highest BCUT2D eigenvalue weighted by atomic mass is 35.5. The second-order valence-electron chi connectivity index (χ2n) is 5.27. The van der Waals surface area contributed by atoms with Crippen LogP contribution < -0.4 is 16.0 Å². The van der Waals surface area contributed by atoms with Crippen LogP contribution in [0.2, 0.25) is 5.02 Å². The summed E-state index contributed by atoms with van der Waals surface area (Å²) >= 11 is 6.17. The van der Waals surface area contributed by atoms with Gasteiger partial charge in [-0.15, -0.1) is 0 Å². The van der Waals surface area contributed by atoms with E-state index in [4.69, 9.17) is 11.6 Å². The first-order valence-corrected chi connectivity index (χ1v) is 8.20. The minimum absolute atomic E-state index is 0.362. The molecule has 0 unspecified atom stereocenters. The maximum absolute atomic E-state index is 12.5. The van der Waals surface area contributed by atoms with Gasteiger partial charge in [0.2, 0.25) is 0 Å². The summed E-state index contributed by atoms with van der Waals surface area (Å²) in [6.45, 7) is 2.78. The number of nitrogens with one attached hydrogen (secondary N) is 2. The zero-order chi connectivity index (χ0) is 17.4. The van der Waals surface area contributed by atoms with E-state index >= 15 is 0 Å². The van der Waals surface area contributed by atoms with Gasteiger partial charge in [0.05, 0.1) is 0 Å². The molecule has 0 aliphatic carbocycles. The Morgan fingerprint density at radius 2 is 1.75 bits per heavy atom. The van der Waals surface area contributed by atoms with E-state index in [1.165, 1.54) is 0 Å². The van der Waals surface area contributed by atoms with E-state index in [1.807, 2.05) is 59.9 Å². The molecule has 5 nitrogen and oxygen atoms in total. The summed E-state index contributed by atoms with van der Waals surface area (Å²) < 4.78 is 0. The third-order valence-electron chi connectivity index (χ3n) is 3.55. The van der Waals surface area contributed by atoms with Crippen LogP contribution in [-0.4, -0.2) is 18.5 Å². The smallest absolute Gasteiger partial charge is 0.321 e. The molecule has 0 saturated carbocycles. The Labute approximate surface area is 146 Å². The van der Waals surface area contributed by atoms with Gasteiger partial charge in [0.15, 0.2) is 6.04 Å². The molecule has 2 aromatic rings. The zero-order valence-corrected chi connectivity index (χ0v) is 14.2. The van der Waals surface area contributed by atoms with Crippen molar-refractivity contribution in [1.82, 2.24) is 10.6 Å². The average Bonchev–Trinajstić information content (AvgIpc) is 2.58. The lowest BCUT2D eigenvalue weighted by Crippen LogP contribution is -2.86. The fourth-order valence-corrected chi connectivity index (χ4v) is 2.57. The molecule has 0 radical (unpaired) electrons. The molecular formula is C18H21ClN3O2+. The number of quaternary nitrogens is 1. The van der Waals surface area contributed by atoms with Gasteiger partial charge < -0.3 is 10.6 Å². The second-order valence-corrected chi connectivity index (χ2v) is 5.68. The number of carbonyl (C=O) groups is 2. The third-order valence-corrected chi connectivity index (χ3v) is 3.92. The molecule has 2 aromatic carbocycles. The first-order chi connectivity index (χ1) is 11.6. The highest BCUT2D eigenvalue weighted by Crippen LogP contribution is 2.14. The summed E-state index contributed by atoms with van der Waals surface area (Å²) in [4.78, 5) is 24.1. The summed E-state index contributed by atoms with van der Waals surface area (Å²) in [5, 5.41) is 7.46. The molecule has 0 fully saturated rings. The van der Waals surface area contributed by atoms with E-state index in [9.17, 15) is 9.59 Å². The van der Waals surface area contributed by atoms with E-state index in [-0.39, 0.29) is 5.91 Å². The molecule has 0 aliphatic rings. The minimum Gasteiger partial charge on any atom is -0.338 e. The standard InChI is InChI=1S/C18H20ClN3O2/c1-2-20-18(24)22-17(23)16(13-8-4-3-5-9-13)21-12-14-10-6-7-11-15(14)19/h3-11,16,21H,2,12H2,1H3,(H2,20,22,23,24)/p+1/t16-/m1/s1. The van der Waals surface area contributed by atoms with Crippen molar-refractivity contribution in [2.75, 3.05) is 6.54 Å². The number of amides is 3. The maximum atomic E-state index is 12.5. The number of benzene rings is 2. The minimum atomic E-state index is -0.537. The van der Waals surface area contributed by atoms with Gasteiger partial charge in [-0.1, -0.05) is 60.1 Å². The topological polar surface area (TPSA) is 74.8 Å². The van der Waals surface area contributed by atoms with Crippen LogP contribution in [0, 0.1) is 0 Å². The number of hydrogen-bond acceptors (Lipinski definition) is 2. The van der Waals surface area contributed by atoms with Gasteiger partial charge in [0.1, 0.15) is 6.54 Å². The SMILES string of the molecule is CCNC(=O)NC(=O)[C@H]([NH2+]Cc1ccccc1Cl)c1ccccc1. The summed E-state index contributed by atoms with van der Waals surface area (Å²) in [7, 11) is 0. The van der Waals surface area contributed by atoms with Gasteiger partial charge >= 0.3 is 6.03 Å². The molecule has 2 rings (SSSR count). The Kier molecular flexibility index (Phi) is 6.78. The predicted octanol–water partition coefficient (Wildman–Crippen LogP) is 1.99. The first kappa shape index (κ1) is 18.0. The van der Waals surface area contributed by atoms with E-state index in [2.05, 4.69) is 10.6 Å². The van der Waals surface area contributed by atoms with Crippen LogP contribution >= 0.6 is 11.6 Å². The summed E-state index contributed by atoms with van der Waals surface area (Å²) in [5.41, 5.74) is 1.76. The number of rotatable bonds is 6. The molecule has 0 spiro atoms. The fourth-order valence-electron chi connectivity index (χ4n) is 2.36. The zero-order valence-electron chi connectivity index (χ0n) is 13.5. The van der Waals surface area contributed by atoms with E-state index in [0.29, 0.717) is 18.1 Å². The molecule has 0 aromatic heterocycles. The van der Waals surface area contributed by atoms with Gasteiger partial charge in [0, 0.05) is 22.7 Å². The van der Waals surface area contributed by atoms with Crippen molar-refractivity contribution < 1.29 is 14.9 Å². The van der Waals surface area contributed by atoms with Crippen molar-refractivity contribution in [2.45, 2.75) is 19.5 Å². The lowest BCUT2D eigenvalue weighted by Gasteiger charge is -2.16. The van der Waals surface area contributed by atoms with Crippen LogP contribution in [0.5, 0.6) is 0 Å². The molecule has 0 aliphatic heterocycles. The normalized spacial score (nSPS) is 11.6. The molecule has 6 heteroatoms. The monoisotopic (exact) mass is 346 g/mol. The summed E-state index contributed by atoms with van der Waals surface area (Å²) in [6.07, 6.45) is 0. The molecule has 3 amide bonds. The quantitative estimate of drug-likeness (QED) is 0.748. The molecule has 0 bridgehead atoms. The largest absolute Gasteiger partial charge is 0.338 e. The number of urea groups is 1. The van der Waals surface area contributed by atoms with Gasteiger partial charge in [0.25, 0.3) is 5.91 Å². The van der Waals surface area contributed by atoms with Crippen molar-refractivity contribution in [3.8, 4) is 0 Å². The van der Waals surface area contributed by atoms with Crippen LogP contribution in [0.4, 0.5) is 4.79 Å². The van der Waals surface area contributed by atoms with E-state index in [0.717, 1.165) is 11.1 Å². The Bertz CT molecular complexity index is 692. The molecule has 0 saturated heterocycles. The predicted molar refractivity (Wildman–Crippen MR) is 93.5 cm³/mol. The van der Waals surface area contributed by atoms with Crippen molar-refractivity contribution in [3.63, 3.8) is 0 Å². The Morgan fingerprint density at radius 1 is 1.08 bits per heavy atom. The van der Waals surface area contributed by atoms with Gasteiger partial charge in [-0.2, -0.15) is 0 Å². The fraction of sp³-hybridized carbons (Fsp3) is 0.222. The van der Waals surface area contributed by atoms with Crippen molar-refractivity contribution in [2.24, 2.45) is 0 Å². The number of carbonyl (C=O) groups excluding carboxylic acids is 2. The number of imide groups is 1. The van der Waals surface area contributed by atoms with Crippen LogP contribution in [0.3, 0.4) is 0 Å². The summed E-state index contributed by atoms with van der Waals surface area (Å²) in [5.74, 6) is -0.362. The number of hydrogen-bond donors (Lipinski definition) is 3.